The summed E-state index contributed by atoms with van der Waals surface area (Å²) in [6.07, 6.45) is 1.55. The molecule has 2 fully saturated rings. The van der Waals surface area contributed by atoms with E-state index in [1.807, 2.05) is 4.90 Å². The zero-order valence-corrected chi connectivity index (χ0v) is 14.3. The standard InChI is InChI=1S/C16H20ClFN2O2.ClH/c17-13-9-12(1-2-14(13)18)15-10-20(7-8-22-15)16(21)11-3-5-19-6-4-11;/h1-2,9,11,15,19H,3-8,10H2;1H. The molecule has 4 nitrogen and oxygen atoms in total. The first kappa shape index (κ1) is 18.5. The molecule has 128 valence electrons. The quantitative estimate of drug-likeness (QED) is 0.879. The molecule has 0 aromatic heterocycles. The molecule has 23 heavy (non-hydrogen) atoms. The van der Waals surface area contributed by atoms with E-state index in [-0.39, 0.29) is 35.4 Å². The molecule has 0 aliphatic carbocycles. The molecule has 1 unspecified atom stereocenters. The first-order valence-electron chi connectivity index (χ1n) is 7.71. The molecule has 0 spiro atoms. The highest BCUT2D eigenvalue weighted by Crippen LogP contribution is 2.27. The Kier molecular flexibility index (Phi) is 6.65. The lowest BCUT2D eigenvalue weighted by atomic mass is 9.96. The fraction of sp³-hybridized carbons (Fsp3) is 0.562. The minimum Gasteiger partial charge on any atom is -0.370 e. The summed E-state index contributed by atoms with van der Waals surface area (Å²) in [5.41, 5.74) is 0.814. The van der Waals surface area contributed by atoms with Gasteiger partial charge in [0.25, 0.3) is 0 Å². The van der Waals surface area contributed by atoms with Gasteiger partial charge in [-0.15, -0.1) is 12.4 Å². The van der Waals surface area contributed by atoms with Gasteiger partial charge in [0.05, 0.1) is 18.2 Å². The molecule has 2 aliphatic heterocycles. The van der Waals surface area contributed by atoms with Crippen LogP contribution >= 0.6 is 24.0 Å². The molecular formula is C16H21Cl2FN2O2. The summed E-state index contributed by atoms with van der Waals surface area (Å²) in [4.78, 5) is 14.5. The van der Waals surface area contributed by atoms with Crippen molar-refractivity contribution in [2.45, 2.75) is 18.9 Å². The maximum Gasteiger partial charge on any atom is 0.225 e. The second kappa shape index (κ2) is 8.29. The Bertz CT molecular complexity index is 553. The van der Waals surface area contributed by atoms with Crippen LogP contribution in [0, 0.1) is 11.7 Å². The summed E-state index contributed by atoms with van der Waals surface area (Å²) in [6.45, 7) is 3.42. The van der Waals surface area contributed by atoms with E-state index in [9.17, 15) is 9.18 Å². The van der Waals surface area contributed by atoms with E-state index in [4.69, 9.17) is 16.3 Å². The van der Waals surface area contributed by atoms with Crippen LogP contribution in [0.5, 0.6) is 0 Å². The molecule has 7 heteroatoms. The Morgan fingerprint density at radius 1 is 1.35 bits per heavy atom. The summed E-state index contributed by atoms with van der Waals surface area (Å²) in [5, 5.41) is 3.36. The van der Waals surface area contributed by atoms with Crippen molar-refractivity contribution >= 4 is 29.9 Å². The first-order chi connectivity index (χ1) is 10.6. The number of piperidine rings is 1. The van der Waals surface area contributed by atoms with Gasteiger partial charge in [-0.1, -0.05) is 17.7 Å². The number of amides is 1. The summed E-state index contributed by atoms with van der Waals surface area (Å²) in [7, 11) is 0. The summed E-state index contributed by atoms with van der Waals surface area (Å²) in [6, 6.07) is 4.60. The maximum absolute atomic E-state index is 13.3. The van der Waals surface area contributed by atoms with E-state index in [0.29, 0.717) is 19.7 Å². The molecule has 2 saturated heterocycles. The van der Waals surface area contributed by atoms with Crippen LogP contribution in [0.4, 0.5) is 4.39 Å². The molecular weight excluding hydrogens is 342 g/mol. The number of halogens is 3. The van der Waals surface area contributed by atoms with Crippen molar-refractivity contribution in [2.24, 2.45) is 5.92 Å². The fourth-order valence-corrected chi connectivity index (χ4v) is 3.28. The van der Waals surface area contributed by atoms with E-state index >= 15 is 0 Å². The average molecular weight is 363 g/mol. The van der Waals surface area contributed by atoms with Gasteiger partial charge in [0.15, 0.2) is 0 Å². The average Bonchev–Trinajstić information content (AvgIpc) is 2.57. The number of nitrogens with one attached hydrogen (secondary N) is 1. The fourth-order valence-electron chi connectivity index (χ4n) is 3.09. The maximum atomic E-state index is 13.3. The highest BCUT2D eigenvalue weighted by atomic mass is 35.5. The van der Waals surface area contributed by atoms with Gasteiger partial charge in [-0.3, -0.25) is 4.79 Å². The van der Waals surface area contributed by atoms with Gasteiger partial charge in [0.1, 0.15) is 11.9 Å². The minimum absolute atomic E-state index is 0. The minimum atomic E-state index is -0.441. The predicted molar refractivity (Wildman–Crippen MR) is 89.5 cm³/mol. The smallest absolute Gasteiger partial charge is 0.225 e. The topological polar surface area (TPSA) is 41.6 Å². The van der Waals surface area contributed by atoms with Crippen LogP contribution in [0.15, 0.2) is 18.2 Å². The highest BCUT2D eigenvalue weighted by molar-refractivity contribution is 6.30. The van der Waals surface area contributed by atoms with Crippen molar-refractivity contribution in [2.75, 3.05) is 32.8 Å². The largest absolute Gasteiger partial charge is 0.370 e. The second-order valence-electron chi connectivity index (χ2n) is 5.84. The van der Waals surface area contributed by atoms with E-state index in [1.54, 1.807) is 12.1 Å². The molecule has 2 heterocycles. The van der Waals surface area contributed by atoms with Crippen LogP contribution in [-0.2, 0) is 9.53 Å². The summed E-state index contributed by atoms with van der Waals surface area (Å²) < 4.78 is 19.0. The first-order valence-corrected chi connectivity index (χ1v) is 8.09. The molecule has 1 atom stereocenters. The van der Waals surface area contributed by atoms with Crippen molar-refractivity contribution < 1.29 is 13.9 Å². The molecule has 1 amide bonds. The molecule has 0 bridgehead atoms. The number of hydrogen-bond acceptors (Lipinski definition) is 3. The normalized spacial score (nSPS) is 22.5. The number of hydrogen-bond donors (Lipinski definition) is 1. The van der Waals surface area contributed by atoms with Crippen LogP contribution in [0.3, 0.4) is 0 Å². The van der Waals surface area contributed by atoms with Gasteiger partial charge in [-0.25, -0.2) is 4.39 Å². The van der Waals surface area contributed by atoms with Gasteiger partial charge in [-0.2, -0.15) is 0 Å². The van der Waals surface area contributed by atoms with E-state index in [1.165, 1.54) is 6.07 Å². The molecule has 2 aliphatic rings. The molecule has 1 aromatic carbocycles. The molecule has 3 rings (SSSR count). The number of benzene rings is 1. The third-order valence-electron chi connectivity index (χ3n) is 4.38. The lowest BCUT2D eigenvalue weighted by Gasteiger charge is -2.36. The van der Waals surface area contributed by atoms with Gasteiger partial charge in [0.2, 0.25) is 5.91 Å². The van der Waals surface area contributed by atoms with Crippen molar-refractivity contribution in [3.8, 4) is 0 Å². The van der Waals surface area contributed by atoms with Crippen molar-refractivity contribution in [1.82, 2.24) is 10.2 Å². The number of carbonyl (C=O) groups is 1. The zero-order valence-electron chi connectivity index (χ0n) is 12.8. The third-order valence-corrected chi connectivity index (χ3v) is 4.67. The molecule has 1 aromatic rings. The second-order valence-corrected chi connectivity index (χ2v) is 6.25. The lowest BCUT2D eigenvalue weighted by Crippen LogP contribution is -2.47. The number of nitrogens with zero attached hydrogens (tertiary/aromatic N) is 1. The number of morpholine rings is 1. The molecule has 1 N–H and O–H groups in total. The van der Waals surface area contributed by atoms with Crippen LogP contribution in [0.1, 0.15) is 24.5 Å². The Labute approximate surface area is 146 Å². The van der Waals surface area contributed by atoms with Gasteiger partial charge < -0.3 is 15.0 Å². The summed E-state index contributed by atoms with van der Waals surface area (Å²) >= 11 is 5.84. The number of carbonyl (C=O) groups excluding carboxylic acids is 1. The van der Waals surface area contributed by atoms with Gasteiger partial charge in [-0.05, 0) is 43.6 Å². The number of rotatable bonds is 2. The van der Waals surface area contributed by atoms with Crippen LogP contribution in [-0.4, -0.2) is 43.6 Å². The lowest BCUT2D eigenvalue weighted by molar-refractivity contribution is -0.144. The SMILES string of the molecule is Cl.O=C(C1CCNCC1)N1CCOC(c2ccc(F)c(Cl)c2)C1. The van der Waals surface area contributed by atoms with Gasteiger partial charge in [0, 0.05) is 12.5 Å². The predicted octanol–water partition coefficient (Wildman–Crippen LogP) is 2.80. The highest BCUT2D eigenvalue weighted by Gasteiger charge is 2.30. The van der Waals surface area contributed by atoms with Crippen molar-refractivity contribution in [3.05, 3.63) is 34.6 Å². The Balaban J connectivity index is 0.00000192. The zero-order chi connectivity index (χ0) is 15.5. The van der Waals surface area contributed by atoms with Gasteiger partial charge >= 0.3 is 0 Å². The third kappa shape index (κ3) is 4.35. The van der Waals surface area contributed by atoms with Crippen molar-refractivity contribution in [1.29, 1.82) is 0 Å². The van der Waals surface area contributed by atoms with E-state index < -0.39 is 5.82 Å². The molecule has 0 saturated carbocycles. The monoisotopic (exact) mass is 362 g/mol. The Morgan fingerprint density at radius 2 is 2.09 bits per heavy atom. The number of ether oxygens (including phenoxy) is 1. The Hall–Kier alpha value is -0.880. The Morgan fingerprint density at radius 3 is 2.78 bits per heavy atom. The summed E-state index contributed by atoms with van der Waals surface area (Å²) in [5.74, 6) is -0.122. The van der Waals surface area contributed by atoms with E-state index in [0.717, 1.165) is 31.5 Å². The van der Waals surface area contributed by atoms with Crippen molar-refractivity contribution in [3.63, 3.8) is 0 Å². The van der Waals surface area contributed by atoms with Crippen LogP contribution in [0.2, 0.25) is 5.02 Å². The van der Waals surface area contributed by atoms with Crippen LogP contribution in [0.25, 0.3) is 0 Å². The molecule has 0 radical (unpaired) electrons. The van der Waals surface area contributed by atoms with Crippen LogP contribution < -0.4 is 5.32 Å². The van der Waals surface area contributed by atoms with E-state index in [2.05, 4.69) is 5.32 Å².